The van der Waals surface area contributed by atoms with E-state index >= 15 is 0 Å². The Morgan fingerprint density at radius 2 is 1.83 bits per heavy atom. The molecule has 2 N–H and O–H groups in total. The number of hydrogen-bond donors (Lipinski definition) is 2. The minimum Gasteiger partial charge on any atom is -0.350 e. The van der Waals surface area contributed by atoms with E-state index in [0.717, 1.165) is 10.5 Å². The Hall–Kier alpha value is -3.38. The average molecular weight is 410 g/mol. The lowest BCUT2D eigenvalue weighted by Gasteiger charge is -2.13. The van der Waals surface area contributed by atoms with E-state index in [9.17, 15) is 14.4 Å². The van der Waals surface area contributed by atoms with Gasteiger partial charge in [-0.15, -0.1) is 6.58 Å². The van der Waals surface area contributed by atoms with Crippen molar-refractivity contribution < 1.29 is 14.4 Å². The molecular weight excluding hydrogens is 390 g/mol. The number of halogens is 1. The highest BCUT2D eigenvalue weighted by molar-refractivity contribution is 6.36. The third kappa shape index (κ3) is 4.22. The molecule has 6 nitrogen and oxygen atoms in total. The fraction of sp³-hybridized carbons (Fsp3) is 0.136. The Morgan fingerprint density at radius 1 is 1.14 bits per heavy atom. The first-order chi connectivity index (χ1) is 13.8. The smallest absolute Gasteiger partial charge is 0.278 e. The number of carbonyl (C=O) groups is 3. The van der Waals surface area contributed by atoms with Gasteiger partial charge < -0.3 is 10.6 Å². The summed E-state index contributed by atoms with van der Waals surface area (Å²) in [6.07, 6.45) is 1.50. The quantitative estimate of drug-likeness (QED) is 0.558. The van der Waals surface area contributed by atoms with Gasteiger partial charge in [0.15, 0.2) is 0 Å². The van der Waals surface area contributed by atoms with Gasteiger partial charge in [-0.2, -0.15) is 0 Å². The van der Waals surface area contributed by atoms with Gasteiger partial charge in [0.2, 0.25) is 5.91 Å². The molecule has 7 heteroatoms. The van der Waals surface area contributed by atoms with Crippen LogP contribution in [-0.2, 0) is 14.4 Å². The van der Waals surface area contributed by atoms with Gasteiger partial charge in [0.1, 0.15) is 5.70 Å². The number of imide groups is 1. The molecule has 3 rings (SSSR count). The van der Waals surface area contributed by atoms with Gasteiger partial charge in [-0.1, -0.05) is 29.8 Å². The van der Waals surface area contributed by atoms with Crippen LogP contribution in [0, 0.1) is 6.92 Å². The van der Waals surface area contributed by atoms with Crippen LogP contribution >= 0.6 is 11.6 Å². The van der Waals surface area contributed by atoms with Crippen molar-refractivity contribution in [3.05, 3.63) is 77.0 Å². The van der Waals surface area contributed by atoms with Crippen LogP contribution in [0.5, 0.6) is 0 Å². The zero-order chi connectivity index (χ0) is 21.1. The Balaban J connectivity index is 2.05. The van der Waals surface area contributed by atoms with Crippen LogP contribution in [0.2, 0.25) is 5.02 Å². The molecule has 0 saturated heterocycles. The zero-order valence-electron chi connectivity index (χ0n) is 16.1. The van der Waals surface area contributed by atoms with E-state index in [4.69, 9.17) is 11.6 Å². The molecule has 1 aliphatic heterocycles. The molecule has 0 aromatic heterocycles. The van der Waals surface area contributed by atoms with E-state index in [1.54, 1.807) is 42.5 Å². The Kier molecular flexibility index (Phi) is 5.84. The molecule has 0 saturated carbocycles. The van der Waals surface area contributed by atoms with Crippen molar-refractivity contribution in [3.63, 3.8) is 0 Å². The van der Waals surface area contributed by atoms with Gasteiger partial charge in [-0.25, -0.2) is 0 Å². The lowest BCUT2D eigenvalue weighted by atomic mass is 10.0. The minimum absolute atomic E-state index is 0.107. The number of nitrogens with one attached hydrogen (secondary N) is 2. The van der Waals surface area contributed by atoms with Gasteiger partial charge in [-0.3, -0.25) is 19.3 Å². The van der Waals surface area contributed by atoms with Crippen LogP contribution in [-0.4, -0.2) is 29.2 Å². The van der Waals surface area contributed by atoms with E-state index in [-0.39, 0.29) is 23.7 Å². The second kappa shape index (κ2) is 8.32. The summed E-state index contributed by atoms with van der Waals surface area (Å²) in [4.78, 5) is 38.3. The molecule has 0 fully saturated rings. The molecule has 2 aromatic rings. The molecule has 0 unspecified atom stereocenters. The predicted molar refractivity (Wildman–Crippen MR) is 114 cm³/mol. The van der Waals surface area contributed by atoms with Gasteiger partial charge in [0.05, 0.1) is 5.57 Å². The van der Waals surface area contributed by atoms with E-state index in [2.05, 4.69) is 17.2 Å². The minimum atomic E-state index is -0.426. The fourth-order valence-electron chi connectivity index (χ4n) is 3.08. The Morgan fingerprint density at radius 3 is 2.41 bits per heavy atom. The second-order valence-electron chi connectivity index (χ2n) is 6.60. The van der Waals surface area contributed by atoms with E-state index in [1.165, 1.54) is 13.0 Å². The highest BCUT2D eigenvalue weighted by Crippen LogP contribution is 2.32. The fourth-order valence-corrected chi connectivity index (χ4v) is 3.31. The Labute approximate surface area is 173 Å². The van der Waals surface area contributed by atoms with Crippen molar-refractivity contribution >= 4 is 46.3 Å². The number of hydrogen-bond acceptors (Lipinski definition) is 4. The van der Waals surface area contributed by atoms with Gasteiger partial charge in [-0.05, 0) is 48.4 Å². The van der Waals surface area contributed by atoms with Crippen molar-refractivity contribution in [1.29, 1.82) is 0 Å². The third-order valence-electron chi connectivity index (χ3n) is 4.42. The van der Waals surface area contributed by atoms with Crippen LogP contribution in [0.15, 0.2) is 60.8 Å². The van der Waals surface area contributed by atoms with Crippen LogP contribution in [0.4, 0.5) is 11.4 Å². The number of nitrogens with zero attached hydrogens (tertiary/aromatic N) is 1. The average Bonchev–Trinajstić information content (AvgIpc) is 2.89. The lowest BCUT2D eigenvalue weighted by Crippen LogP contribution is -2.32. The van der Waals surface area contributed by atoms with Crippen molar-refractivity contribution in [2.45, 2.75) is 13.8 Å². The number of anilines is 2. The molecule has 0 aliphatic carbocycles. The molecule has 0 atom stereocenters. The largest absolute Gasteiger partial charge is 0.350 e. The standard InChI is InChI=1S/C22H20ClN3O3/c1-4-11-26-21(28)19(15-5-8-17(9-6-15)24-14(3)27)20(22(26)29)25-18-10-7-16(23)12-13(18)2/h4-10,12,25H,1,11H2,2-3H3,(H,24,27). The van der Waals surface area contributed by atoms with Crippen molar-refractivity contribution in [1.82, 2.24) is 4.90 Å². The predicted octanol–water partition coefficient (Wildman–Crippen LogP) is 3.98. The summed E-state index contributed by atoms with van der Waals surface area (Å²) in [6, 6.07) is 12.0. The van der Waals surface area contributed by atoms with Crippen LogP contribution < -0.4 is 10.6 Å². The van der Waals surface area contributed by atoms with Crippen LogP contribution in [0.25, 0.3) is 5.57 Å². The molecule has 0 bridgehead atoms. The zero-order valence-corrected chi connectivity index (χ0v) is 16.8. The maximum Gasteiger partial charge on any atom is 0.278 e. The van der Waals surface area contributed by atoms with E-state index < -0.39 is 11.8 Å². The first-order valence-corrected chi connectivity index (χ1v) is 9.32. The van der Waals surface area contributed by atoms with E-state index in [1.807, 2.05) is 6.92 Å². The Bertz CT molecular complexity index is 1040. The van der Waals surface area contributed by atoms with Crippen LogP contribution in [0.3, 0.4) is 0 Å². The summed E-state index contributed by atoms with van der Waals surface area (Å²) in [7, 11) is 0. The molecule has 148 valence electrons. The highest BCUT2D eigenvalue weighted by atomic mass is 35.5. The number of benzene rings is 2. The third-order valence-corrected chi connectivity index (χ3v) is 4.66. The monoisotopic (exact) mass is 409 g/mol. The van der Waals surface area contributed by atoms with Crippen molar-refractivity contribution in [2.75, 3.05) is 17.2 Å². The molecule has 0 radical (unpaired) electrons. The normalized spacial score (nSPS) is 13.7. The molecule has 1 aliphatic rings. The van der Waals surface area contributed by atoms with Crippen molar-refractivity contribution in [2.24, 2.45) is 0 Å². The summed E-state index contributed by atoms with van der Waals surface area (Å²) in [5.41, 5.74) is 3.14. The summed E-state index contributed by atoms with van der Waals surface area (Å²) >= 11 is 6.02. The molecule has 29 heavy (non-hydrogen) atoms. The van der Waals surface area contributed by atoms with E-state index in [0.29, 0.717) is 22.0 Å². The number of aryl methyl sites for hydroxylation is 1. The summed E-state index contributed by atoms with van der Waals surface area (Å²) in [5.74, 6) is -1.02. The first-order valence-electron chi connectivity index (χ1n) is 8.94. The molecular formula is C22H20ClN3O3. The summed E-state index contributed by atoms with van der Waals surface area (Å²) < 4.78 is 0. The first kappa shape index (κ1) is 20.4. The SMILES string of the molecule is C=CCN1C(=O)C(Nc2ccc(Cl)cc2C)=C(c2ccc(NC(C)=O)cc2)C1=O. The number of amides is 3. The number of carbonyl (C=O) groups excluding carboxylic acids is 3. The van der Waals surface area contributed by atoms with Gasteiger partial charge >= 0.3 is 0 Å². The lowest BCUT2D eigenvalue weighted by molar-refractivity contribution is -0.136. The summed E-state index contributed by atoms with van der Waals surface area (Å²) in [6.45, 7) is 7.01. The van der Waals surface area contributed by atoms with Gasteiger partial charge in [0, 0.05) is 29.9 Å². The van der Waals surface area contributed by atoms with Crippen molar-refractivity contribution in [3.8, 4) is 0 Å². The van der Waals surface area contributed by atoms with Crippen LogP contribution in [0.1, 0.15) is 18.1 Å². The maximum atomic E-state index is 13.0. The van der Waals surface area contributed by atoms with Gasteiger partial charge in [0.25, 0.3) is 11.8 Å². The molecule has 3 amide bonds. The number of rotatable bonds is 6. The molecule has 2 aromatic carbocycles. The maximum absolute atomic E-state index is 13.0. The molecule has 1 heterocycles. The molecule has 0 spiro atoms. The highest BCUT2D eigenvalue weighted by Gasteiger charge is 2.38. The second-order valence-corrected chi connectivity index (χ2v) is 7.04. The topological polar surface area (TPSA) is 78.5 Å². The summed E-state index contributed by atoms with van der Waals surface area (Å²) in [5, 5.41) is 6.36.